The summed E-state index contributed by atoms with van der Waals surface area (Å²) in [6.45, 7) is 4.65. The highest BCUT2D eigenvalue weighted by Crippen LogP contribution is 2.26. The Kier molecular flexibility index (Phi) is 10.5. The smallest absolute Gasteiger partial charge is 0.282 e. The molecule has 0 radical (unpaired) electrons. The molecule has 216 valence electrons. The highest BCUT2D eigenvalue weighted by molar-refractivity contribution is 7.89. The second kappa shape index (κ2) is 13.4. The molecule has 1 aliphatic carbocycles. The number of nitrogens with zero attached hydrogens (tertiary/aromatic N) is 5. The van der Waals surface area contributed by atoms with Crippen LogP contribution in [0, 0.1) is 5.92 Å². The molecule has 0 aromatic heterocycles. The maximum Gasteiger partial charge on any atom is 0.282 e. The Hall–Kier alpha value is -1.24. The summed E-state index contributed by atoms with van der Waals surface area (Å²) in [5, 5.41) is 0. The van der Waals surface area contributed by atoms with Crippen LogP contribution in [0.3, 0.4) is 0 Å². The van der Waals surface area contributed by atoms with Crippen LogP contribution in [0.1, 0.15) is 57.8 Å². The largest absolute Gasteiger partial charge is 0.378 e. The third kappa shape index (κ3) is 7.48. The highest BCUT2D eigenvalue weighted by atomic mass is 32.2. The molecule has 2 saturated heterocycles. The van der Waals surface area contributed by atoms with E-state index in [-0.39, 0.29) is 18.0 Å². The van der Waals surface area contributed by atoms with E-state index in [9.17, 15) is 16.8 Å². The molecule has 0 spiro atoms. The van der Waals surface area contributed by atoms with Crippen LogP contribution in [0.4, 0.5) is 5.69 Å². The fourth-order valence-corrected chi connectivity index (χ4v) is 9.14. The van der Waals surface area contributed by atoms with E-state index in [1.807, 2.05) is 31.1 Å². The third-order valence-corrected chi connectivity index (χ3v) is 12.3. The van der Waals surface area contributed by atoms with Crippen molar-refractivity contribution in [2.45, 2.75) is 62.7 Å². The van der Waals surface area contributed by atoms with E-state index in [1.165, 1.54) is 36.4 Å². The molecule has 2 heterocycles. The number of anilines is 1. The quantitative estimate of drug-likeness (QED) is 0.502. The van der Waals surface area contributed by atoms with Crippen LogP contribution in [0.25, 0.3) is 0 Å². The van der Waals surface area contributed by atoms with Crippen LogP contribution >= 0.6 is 0 Å². The van der Waals surface area contributed by atoms with Crippen molar-refractivity contribution in [3.63, 3.8) is 0 Å². The van der Waals surface area contributed by atoms with Gasteiger partial charge in [0.15, 0.2) is 0 Å². The van der Waals surface area contributed by atoms with Crippen molar-refractivity contribution in [1.29, 1.82) is 0 Å². The van der Waals surface area contributed by atoms with Crippen LogP contribution in [0.2, 0.25) is 0 Å². The first-order valence-electron chi connectivity index (χ1n) is 14.4. The van der Waals surface area contributed by atoms with E-state index in [2.05, 4.69) is 4.90 Å². The second-order valence-electron chi connectivity index (χ2n) is 11.3. The molecule has 0 unspecified atom stereocenters. The molecule has 0 bridgehead atoms. The lowest BCUT2D eigenvalue weighted by molar-refractivity contribution is 0.172. The van der Waals surface area contributed by atoms with E-state index < -0.39 is 20.2 Å². The monoisotopic (exact) mass is 569 g/mol. The minimum atomic E-state index is -3.75. The molecule has 0 N–H and O–H groups in total. The molecular formula is C27H47N5O4S2. The summed E-state index contributed by atoms with van der Waals surface area (Å²) in [6, 6.07) is 6.93. The van der Waals surface area contributed by atoms with Gasteiger partial charge >= 0.3 is 0 Å². The van der Waals surface area contributed by atoms with Gasteiger partial charge in [-0.05, 0) is 68.8 Å². The molecule has 0 amide bonds. The Morgan fingerprint density at radius 3 is 1.87 bits per heavy atom. The Morgan fingerprint density at radius 1 is 0.658 bits per heavy atom. The topological polar surface area (TPSA) is 84.5 Å². The van der Waals surface area contributed by atoms with Crippen LogP contribution in [-0.2, 0) is 20.2 Å². The van der Waals surface area contributed by atoms with Crippen molar-refractivity contribution in [3.8, 4) is 0 Å². The standard InChI is InChI=1S/C27H47N5O4S2/c1-28(2)26-12-14-27(15-13-26)37(33,34)30-19-9-16-29(24-25-10-5-3-6-11-25)20-21-32(23-22-30)38(35,36)31-17-7-4-8-18-31/h12-15,25H,3-11,16-24H2,1-2H3. The molecule has 1 saturated carbocycles. The predicted octanol–water partition coefficient (Wildman–Crippen LogP) is 3.06. The fraction of sp³-hybridized carbons (Fsp3) is 0.778. The molecule has 3 fully saturated rings. The van der Waals surface area contributed by atoms with E-state index >= 15 is 0 Å². The summed E-state index contributed by atoms with van der Waals surface area (Å²) >= 11 is 0. The molecule has 11 heteroatoms. The maximum atomic E-state index is 13.7. The summed E-state index contributed by atoms with van der Waals surface area (Å²) in [5.74, 6) is 0.647. The van der Waals surface area contributed by atoms with Gasteiger partial charge in [0.1, 0.15) is 0 Å². The number of hydrogen-bond acceptors (Lipinski definition) is 6. The highest BCUT2D eigenvalue weighted by Gasteiger charge is 2.34. The van der Waals surface area contributed by atoms with Gasteiger partial charge in [0, 0.05) is 72.1 Å². The molecule has 1 aromatic rings. The Balaban J connectivity index is 1.55. The molecule has 0 atom stereocenters. The van der Waals surface area contributed by atoms with Gasteiger partial charge in [0.05, 0.1) is 4.90 Å². The SMILES string of the molecule is CN(C)c1ccc(S(=O)(=O)N2CCCN(CC3CCCCC3)CCN(S(=O)(=O)N3CCCCC3)CC2)cc1. The van der Waals surface area contributed by atoms with Crippen LogP contribution in [-0.4, -0.2) is 108 Å². The second-order valence-corrected chi connectivity index (χ2v) is 15.2. The molecule has 9 nitrogen and oxygen atoms in total. The third-order valence-electron chi connectivity index (χ3n) is 8.35. The molecule has 3 aliphatic rings. The van der Waals surface area contributed by atoms with E-state index in [0.29, 0.717) is 38.6 Å². The van der Waals surface area contributed by atoms with Crippen molar-refractivity contribution in [3.05, 3.63) is 24.3 Å². The Bertz CT molecular complexity index is 1080. The average molecular weight is 570 g/mol. The predicted molar refractivity (Wildman–Crippen MR) is 153 cm³/mol. The van der Waals surface area contributed by atoms with Gasteiger partial charge in [0.25, 0.3) is 10.2 Å². The van der Waals surface area contributed by atoms with E-state index in [0.717, 1.165) is 44.5 Å². The van der Waals surface area contributed by atoms with E-state index in [1.54, 1.807) is 20.7 Å². The van der Waals surface area contributed by atoms with Crippen molar-refractivity contribution in [2.75, 3.05) is 77.9 Å². The minimum Gasteiger partial charge on any atom is -0.378 e. The van der Waals surface area contributed by atoms with Crippen LogP contribution < -0.4 is 4.90 Å². The van der Waals surface area contributed by atoms with Gasteiger partial charge in [-0.2, -0.15) is 21.3 Å². The zero-order chi connectivity index (χ0) is 27.2. The number of piperidine rings is 1. The van der Waals surface area contributed by atoms with Gasteiger partial charge < -0.3 is 9.80 Å². The van der Waals surface area contributed by atoms with Crippen LogP contribution in [0.5, 0.6) is 0 Å². The van der Waals surface area contributed by atoms with E-state index in [4.69, 9.17) is 0 Å². The Labute approximate surface area is 231 Å². The van der Waals surface area contributed by atoms with Gasteiger partial charge in [-0.15, -0.1) is 0 Å². The normalized spacial score (nSPS) is 23.3. The molecule has 2 aliphatic heterocycles. The minimum absolute atomic E-state index is 0.160. The average Bonchev–Trinajstić information content (AvgIpc) is 2.92. The van der Waals surface area contributed by atoms with Gasteiger partial charge in [-0.25, -0.2) is 8.42 Å². The number of sulfonamides is 1. The molecule has 4 rings (SSSR count). The first kappa shape index (κ1) is 29.7. The number of hydrogen-bond donors (Lipinski definition) is 0. The summed E-state index contributed by atoms with van der Waals surface area (Å²) in [5.41, 5.74) is 0.932. The summed E-state index contributed by atoms with van der Waals surface area (Å²) in [6.07, 6.45) is 9.86. The zero-order valence-electron chi connectivity index (χ0n) is 23.3. The Morgan fingerprint density at radius 2 is 1.21 bits per heavy atom. The lowest BCUT2D eigenvalue weighted by Gasteiger charge is -2.36. The number of benzene rings is 1. The van der Waals surface area contributed by atoms with Gasteiger partial charge in [0.2, 0.25) is 10.0 Å². The fourth-order valence-electron chi connectivity index (χ4n) is 5.99. The van der Waals surface area contributed by atoms with Crippen molar-refractivity contribution >= 4 is 25.9 Å². The lowest BCUT2D eigenvalue weighted by atomic mass is 9.89. The van der Waals surface area contributed by atoms with Crippen molar-refractivity contribution in [2.24, 2.45) is 5.92 Å². The van der Waals surface area contributed by atoms with Crippen molar-refractivity contribution < 1.29 is 16.8 Å². The van der Waals surface area contributed by atoms with Crippen LogP contribution in [0.15, 0.2) is 29.2 Å². The number of rotatable bonds is 7. The lowest BCUT2D eigenvalue weighted by Crippen LogP contribution is -2.52. The first-order chi connectivity index (χ1) is 18.2. The molecule has 38 heavy (non-hydrogen) atoms. The van der Waals surface area contributed by atoms with Gasteiger partial charge in [-0.3, -0.25) is 0 Å². The zero-order valence-corrected chi connectivity index (χ0v) is 24.9. The summed E-state index contributed by atoms with van der Waals surface area (Å²) < 4.78 is 59.4. The molecular weight excluding hydrogens is 522 g/mol. The first-order valence-corrected chi connectivity index (χ1v) is 17.3. The molecule has 1 aromatic carbocycles. The summed E-state index contributed by atoms with van der Waals surface area (Å²) in [7, 11) is -3.55. The van der Waals surface area contributed by atoms with Gasteiger partial charge in [-0.1, -0.05) is 25.7 Å². The maximum absolute atomic E-state index is 13.7. The van der Waals surface area contributed by atoms with Crippen molar-refractivity contribution in [1.82, 2.24) is 17.8 Å². The summed E-state index contributed by atoms with van der Waals surface area (Å²) in [4.78, 5) is 4.57.